The fourth-order valence-corrected chi connectivity index (χ4v) is 3.64. The third kappa shape index (κ3) is 3.19. The molecule has 0 bridgehead atoms. The van der Waals surface area contributed by atoms with Crippen LogP contribution in [0.3, 0.4) is 0 Å². The molecule has 0 saturated carbocycles. The second-order valence-corrected chi connectivity index (χ2v) is 6.99. The van der Waals surface area contributed by atoms with Crippen LogP contribution in [0, 0.1) is 13.8 Å². The van der Waals surface area contributed by atoms with Gasteiger partial charge in [-0.15, -0.1) is 0 Å². The molecule has 0 unspecified atom stereocenters. The molecular weight excluding hydrogens is 362 g/mol. The van der Waals surface area contributed by atoms with E-state index in [0.717, 1.165) is 40.8 Å². The van der Waals surface area contributed by atoms with Gasteiger partial charge in [0.1, 0.15) is 5.82 Å². The number of aryl methyl sites for hydroxylation is 3. The lowest BCUT2D eigenvalue weighted by atomic mass is 10.1. The lowest BCUT2D eigenvalue weighted by Gasteiger charge is -2.08. The Kier molecular flexibility index (Phi) is 4.62. The first-order valence-corrected chi connectivity index (χ1v) is 9.31. The van der Waals surface area contributed by atoms with Crippen LogP contribution in [0.5, 0.6) is 0 Å². The van der Waals surface area contributed by atoms with E-state index in [4.69, 9.17) is 16.0 Å². The zero-order valence-electron chi connectivity index (χ0n) is 15.3. The Bertz CT molecular complexity index is 1140. The van der Waals surface area contributed by atoms with Crippen molar-refractivity contribution >= 4 is 39.5 Å². The number of carbonyl (C=O) groups excluding carboxylic acids is 1. The number of halogens is 1. The number of hydrogen-bond acceptors (Lipinski definition) is 3. The molecule has 5 nitrogen and oxygen atoms in total. The van der Waals surface area contributed by atoms with Crippen LogP contribution < -0.4 is 5.32 Å². The number of nitrogens with one attached hydrogen (secondary N) is 1. The minimum atomic E-state index is -0.216. The summed E-state index contributed by atoms with van der Waals surface area (Å²) in [6.45, 7) is 5.21. The first kappa shape index (κ1) is 17.6. The average Bonchev–Trinajstić information content (AvgIpc) is 3.17. The van der Waals surface area contributed by atoms with Gasteiger partial charge in [-0.05, 0) is 38.5 Å². The topological polar surface area (TPSA) is 60.1 Å². The summed E-state index contributed by atoms with van der Waals surface area (Å²) in [4.78, 5) is 17.1. The number of benzene rings is 2. The predicted molar refractivity (Wildman–Crippen MR) is 107 cm³/mol. The van der Waals surface area contributed by atoms with Gasteiger partial charge in [0, 0.05) is 24.0 Å². The van der Waals surface area contributed by atoms with Crippen LogP contribution in [0.4, 0.5) is 0 Å². The Balaban J connectivity index is 1.42. The Morgan fingerprint density at radius 1 is 1.19 bits per heavy atom. The van der Waals surface area contributed by atoms with Crippen molar-refractivity contribution < 1.29 is 9.21 Å². The van der Waals surface area contributed by atoms with E-state index in [0.29, 0.717) is 22.9 Å². The van der Waals surface area contributed by atoms with Gasteiger partial charge in [0.25, 0.3) is 5.91 Å². The van der Waals surface area contributed by atoms with Crippen LogP contribution in [0.2, 0.25) is 5.02 Å². The van der Waals surface area contributed by atoms with E-state index in [-0.39, 0.29) is 5.91 Å². The molecule has 138 valence electrons. The van der Waals surface area contributed by atoms with Crippen molar-refractivity contribution in [2.75, 3.05) is 6.54 Å². The van der Waals surface area contributed by atoms with E-state index < -0.39 is 0 Å². The number of furan rings is 1. The first-order valence-electron chi connectivity index (χ1n) is 8.94. The summed E-state index contributed by atoms with van der Waals surface area (Å²) >= 11 is 6.16. The molecule has 0 aliphatic rings. The Morgan fingerprint density at radius 2 is 2.00 bits per heavy atom. The van der Waals surface area contributed by atoms with Crippen LogP contribution in [-0.2, 0) is 6.54 Å². The summed E-state index contributed by atoms with van der Waals surface area (Å²) in [6, 6.07) is 13.6. The summed E-state index contributed by atoms with van der Waals surface area (Å²) < 4.78 is 7.89. The van der Waals surface area contributed by atoms with E-state index in [9.17, 15) is 4.79 Å². The lowest BCUT2D eigenvalue weighted by Crippen LogP contribution is -2.25. The third-order valence-corrected chi connectivity index (χ3v) is 5.11. The number of amides is 1. The first-order chi connectivity index (χ1) is 13.1. The van der Waals surface area contributed by atoms with Crippen LogP contribution in [0.25, 0.3) is 22.0 Å². The van der Waals surface area contributed by atoms with E-state index in [1.165, 1.54) is 0 Å². The molecule has 2 aromatic carbocycles. The molecule has 2 heterocycles. The van der Waals surface area contributed by atoms with Crippen molar-refractivity contribution in [2.24, 2.45) is 0 Å². The molecule has 1 N–H and O–H groups in total. The number of rotatable bonds is 5. The molecule has 0 atom stereocenters. The molecule has 0 aliphatic carbocycles. The van der Waals surface area contributed by atoms with Gasteiger partial charge in [-0.2, -0.15) is 0 Å². The summed E-state index contributed by atoms with van der Waals surface area (Å²) in [5.74, 6) is 1.08. The van der Waals surface area contributed by atoms with Crippen LogP contribution in [0.15, 0.2) is 46.9 Å². The summed E-state index contributed by atoms with van der Waals surface area (Å²) in [5, 5.41) is 4.32. The zero-order valence-corrected chi connectivity index (χ0v) is 16.0. The number of aromatic nitrogens is 2. The van der Waals surface area contributed by atoms with Gasteiger partial charge in [0.05, 0.1) is 16.1 Å². The highest BCUT2D eigenvalue weighted by Crippen LogP contribution is 2.30. The minimum Gasteiger partial charge on any atom is -0.449 e. The van der Waals surface area contributed by atoms with Crippen LogP contribution in [0.1, 0.15) is 28.4 Å². The van der Waals surface area contributed by atoms with E-state index >= 15 is 0 Å². The maximum absolute atomic E-state index is 12.5. The fourth-order valence-electron chi connectivity index (χ4n) is 3.42. The molecule has 0 fully saturated rings. The molecule has 0 aliphatic heterocycles. The minimum absolute atomic E-state index is 0.216. The molecule has 0 saturated heterocycles. The predicted octanol–water partition coefficient (Wildman–Crippen LogP) is 4.87. The quantitative estimate of drug-likeness (QED) is 0.501. The number of para-hydroxylation sites is 3. The van der Waals surface area contributed by atoms with E-state index in [1.54, 1.807) is 6.07 Å². The standard InChI is InChI=1S/C21H20ClN3O2/c1-13-15-7-5-8-16(22)20(15)27-19(13)21(26)23-11-6-12-25-14(2)24-17-9-3-4-10-18(17)25/h3-5,7-10H,6,11-12H2,1-2H3,(H,23,26). The highest BCUT2D eigenvalue weighted by atomic mass is 35.5. The normalized spacial score (nSPS) is 11.4. The van der Waals surface area contributed by atoms with Gasteiger partial charge >= 0.3 is 0 Å². The maximum Gasteiger partial charge on any atom is 0.287 e. The number of imidazole rings is 1. The van der Waals surface area contributed by atoms with Crippen molar-refractivity contribution in [2.45, 2.75) is 26.8 Å². The summed E-state index contributed by atoms with van der Waals surface area (Å²) in [6.07, 6.45) is 0.799. The van der Waals surface area contributed by atoms with Gasteiger partial charge in [0.15, 0.2) is 11.3 Å². The number of nitrogens with zero attached hydrogens (tertiary/aromatic N) is 2. The van der Waals surface area contributed by atoms with Gasteiger partial charge in [-0.25, -0.2) is 4.98 Å². The molecule has 27 heavy (non-hydrogen) atoms. The highest BCUT2D eigenvalue weighted by Gasteiger charge is 2.18. The Labute approximate surface area is 161 Å². The molecule has 2 aromatic heterocycles. The Hall–Kier alpha value is -2.79. The van der Waals surface area contributed by atoms with Crippen LogP contribution in [-0.4, -0.2) is 22.0 Å². The summed E-state index contributed by atoms with van der Waals surface area (Å²) in [5.41, 5.74) is 3.47. The molecule has 0 spiro atoms. The van der Waals surface area contributed by atoms with Crippen molar-refractivity contribution in [3.63, 3.8) is 0 Å². The SMILES string of the molecule is Cc1c(C(=O)NCCCn2c(C)nc3ccccc32)oc2c(Cl)cccc12. The second kappa shape index (κ2) is 7.08. The smallest absolute Gasteiger partial charge is 0.287 e. The van der Waals surface area contributed by atoms with Crippen molar-refractivity contribution in [3.8, 4) is 0 Å². The molecule has 4 aromatic rings. The largest absolute Gasteiger partial charge is 0.449 e. The van der Waals surface area contributed by atoms with Crippen molar-refractivity contribution in [1.29, 1.82) is 0 Å². The molecule has 1 amide bonds. The lowest BCUT2D eigenvalue weighted by molar-refractivity contribution is 0.0926. The average molecular weight is 382 g/mol. The summed E-state index contributed by atoms with van der Waals surface area (Å²) in [7, 11) is 0. The monoisotopic (exact) mass is 381 g/mol. The molecular formula is C21H20ClN3O2. The van der Waals surface area contributed by atoms with E-state index in [1.807, 2.05) is 44.2 Å². The number of carbonyl (C=O) groups is 1. The maximum atomic E-state index is 12.5. The highest BCUT2D eigenvalue weighted by molar-refractivity contribution is 6.35. The Morgan fingerprint density at radius 3 is 2.81 bits per heavy atom. The number of fused-ring (bicyclic) bond motifs is 2. The van der Waals surface area contributed by atoms with Crippen LogP contribution >= 0.6 is 11.6 Å². The van der Waals surface area contributed by atoms with Gasteiger partial charge in [-0.3, -0.25) is 4.79 Å². The zero-order chi connectivity index (χ0) is 19.0. The van der Waals surface area contributed by atoms with Gasteiger partial charge < -0.3 is 14.3 Å². The van der Waals surface area contributed by atoms with Gasteiger partial charge in [0.2, 0.25) is 0 Å². The van der Waals surface area contributed by atoms with Gasteiger partial charge in [-0.1, -0.05) is 35.9 Å². The third-order valence-electron chi connectivity index (χ3n) is 4.81. The molecule has 4 rings (SSSR count). The fraction of sp³-hybridized carbons (Fsp3) is 0.238. The number of hydrogen-bond donors (Lipinski definition) is 1. The van der Waals surface area contributed by atoms with Crippen molar-refractivity contribution in [3.05, 3.63) is 64.6 Å². The van der Waals surface area contributed by atoms with E-state index in [2.05, 4.69) is 20.9 Å². The van der Waals surface area contributed by atoms with Crippen molar-refractivity contribution in [1.82, 2.24) is 14.9 Å². The molecule has 0 radical (unpaired) electrons. The molecule has 6 heteroatoms. The second-order valence-electron chi connectivity index (χ2n) is 6.58.